The van der Waals surface area contributed by atoms with Crippen LogP contribution in [0.15, 0.2) is 0 Å². The third-order valence-electron chi connectivity index (χ3n) is 9.61. The van der Waals surface area contributed by atoms with Gasteiger partial charge in [0.15, 0.2) is 0 Å². The van der Waals surface area contributed by atoms with Crippen molar-refractivity contribution >= 4 is 0 Å². The molecule has 0 N–H and O–H groups in total. The molecule has 0 fully saturated rings. The molecule has 1 aliphatic rings. The fraction of sp³-hybridized carbons (Fsp3) is 0.455. The van der Waals surface area contributed by atoms with Crippen molar-refractivity contribution < 1.29 is 0 Å². The van der Waals surface area contributed by atoms with Gasteiger partial charge in [0.25, 0.3) is 0 Å². The monoisotopic (exact) mass is 440 g/mol. The zero-order chi connectivity index (χ0) is 25.1. The zero-order valence-electron chi connectivity index (χ0n) is 23.7. The number of benzene rings is 3. The Morgan fingerprint density at radius 2 is 0.424 bits per heavy atom. The SMILES string of the molecule is Cc1c(C)c(C)c(C)c(C)c1C.Cc1c(C)c(C)c2c(c1C)Cc1c(C)c(C)c(C)c(C)c1-2. The molecule has 0 heteroatoms. The average Bonchev–Trinajstić information content (AvgIpc) is 3.21. The Morgan fingerprint density at radius 3 is 0.667 bits per heavy atom. The van der Waals surface area contributed by atoms with Crippen LogP contribution in [0.5, 0.6) is 0 Å². The minimum atomic E-state index is 1.12. The molecule has 0 saturated carbocycles. The van der Waals surface area contributed by atoms with Gasteiger partial charge in [-0.3, -0.25) is 0 Å². The van der Waals surface area contributed by atoms with Crippen LogP contribution in [-0.4, -0.2) is 0 Å². The Hall–Kier alpha value is -2.34. The molecule has 4 rings (SSSR count). The first kappa shape index (κ1) is 25.3. The first-order chi connectivity index (χ1) is 15.2. The van der Waals surface area contributed by atoms with Crippen molar-refractivity contribution in [1.82, 2.24) is 0 Å². The van der Waals surface area contributed by atoms with Crippen molar-refractivity contribution in [2.45, 2.75) is 103 Å². The van der Waals surface area contributed by atoms with Gasteiger partial charge in [-0.2, -0.15) is 0 Å². The molecule has 0 saturated heterocycles. The van der Waals surface area contributed by atoms with E-state index in [0.717, 1.165) is 6.42 Å². The van der Waals surface area contributed by atoms with Crippen LogP contribution in [0, 0.1) is 96.9 Å². The van der Waals surface area contributed by atoms with Crippen molar-refractivity contribution in [3.63, 3.8) is 0 Å². The molecule has 0 bridgehead atoms. The van der Waals surface area contributed by atoms with Gasteiger partial charge in [-0.1, -0.05) is 0 Å². The maximum absolute atomic E-state index is 2.31. The van der Waals surface area contributed by atoms with Crippen molar-refractivity contribution in [3.05, 3.63) is 89.0 Å². The molecule has 0 amide bonds. The van der Waals surface area contributed by atoms with Gasteiger partial charge >= 0.3 is 0 Å². The summed E-state index contributed by atoms with van der Waals surface area (Å²) >= 11 is 0. The van der Waals surface area contributed by atoms with E-state index in [1.165, 1.54) is 89.0 Å². The molecule has 0 heterocycles. The Balaban J connectivity index is 0.000000218. The Morgan fingerprint density at radius 1 is 0.242 bits per heavy atom. The first-order valence-electron chi connectivity index (χ1n) is 12.5. The predicted molar refractivity (Wildman–Crippen MR) is 147 cm³/mol. The summed E-state index contributed by atoms with van der Waals surface area (Å²) in [6.07, 6.45) is 1.12. The maximum Gasteiger partial charge on any atom is -0.000778 e. The quantitative estimate of drug-likeness (QED) is 0.255. The van der Waals surface area contributed by atoms with Gasteiger partial charge in [0.1, 0.15) is 0 Å². The molecule has 0 spiro atoms. The molecule has 0 aromatic heterocycles. The summed E-state index contributed by atoms with van der Waals surface area (Å²) in [5, 5.41) is 0. The summed E-state index contributed by atoms with van der Waals surface area (Å²) in [6.45, 7) is 31.6. The van der Waals surface area contributed by atoms with E-state index in [-0.39, 0.29) is 0 Å². The predicted octanol–water partition coefficient (Wildman–Crippen LogP) is 9.26. The van der Waals surface area contributed by atoms with Gasteiger partial charge in [-0.05, 0) is 203 Å². The second-order valence-electron chi connectivity index (χ2n) is 10.6. The van der Waals surface area contributed by atoms with Crippen LogP contribution in [0.3, 0.4) is 0 Å². The number of rotatable bonds is 0. The lowest BCUT2D eigenvalue weighted by atomic mass is 9.86. The molecule has 176 valence electrons. The smallest absolute Gasteiger partial charge is 0.000778 e. The lowest BCUT2D eigenvalue weighted by Crippen LogP contribution is -1.99. The second-order valence-corrected chi connectivity index (χ2v) is 10.6. The molecular weight excluding hydrogens is 396 g/mol. The summed E-state index contributed by atoms with van der Waals surface area (Å²) in [6, 6.07) is 0. The summed E-state index contributed by atoms with van der Waals surface area (Å²) in [7, 11) is 0. The maximum atomic E-state index is 2.31. The highest BCUT2D eigenvalue weighted by Gasteiger charge is 2.28. The standard InChI is InChI=1S/C21H26.C12H18/c1-10-12(3)16(7)20-18(14(10)5)9-19-15(6)11(2)13(4)17(8)21(19)20;1-7-8(2)10(4)12(6)11(5)9(7)3/h9H2,1-8H3;1-6H3. The summed E-state index contributed by atoms with van der Waals surface area (Å²) in [4.78, 5) is 0. The topological polar surface area (TPSA) is 0 Å². The van der Waals surface area contributed by atoms with E-state index < -0.39 is 0 Å². The summed E-state index contributed by atoms with van der Waals surface area (Å²) in [5.41, 5.74) is 26.8. The highest BCUT2D eigenvalue weighted by Crippen LogP contribution is 2.47. The lowest BCUT2D eigenvalue weighted by Gasteiger charge is -2.19. The highest BCUT2D eigenvalue weighted by atomic mass is 14.3. The van der Waals surface area contributed by atoms with Crippen LogP contribution in [0.4, 0.5) is 0 Å². The summed E-state index contributed by atoms with van der Waals surface area (Å²) < 4.78 is 0. The van der Waals surface area contributed by atoms with Crippen molar-refractivity contribution in [2.24, 2.45) is 0 Å². The Bertz CT molecular complexity index is 1120. The van der Waals surface area contributed by atoms with Crippen LogP contribution in [-0.2, 0) is 6.42 Å². The fourth-order valence-electron chi connectivity index (χ4n) is 5.76. The van der Waals surface area contributed by atoms with E-state index >= 15 is 0 Å². The largest absolute Gasteiger partial charge is 0.0447 e. The second kappa shape index (κ2) is 8.79. The van der Waals surface area contributed by atoms with Crippen molar-refractivity contribution in [2.75, 3.05) is 0 Å². The van der Waals surface area contributed by atoms with Crippen LogP contribution in [0.25, 0.3) is 11.1 Å². The van der Waals surface area contributed by atoms with Crippen LogP contribution < -0.4 is 0 Å². The van der Waals surface area contributed by atoms with Gasteiger partial charge in [0.2, 0.25) is 0 Å². The van der Waals surface area contributed by atoms with Gasteiger partial charge in [0, 0.05) is 0 Å². The minimum Gasteiger partial charge on any atom is -0.0447 e. The molecule has 3 aromatic rings. The number of hydrogen-bond donors (Lipinski definition) is 0. The van der Waals surface area contributed by atoms with Crippen molar-refractivity contribution in [1.29, 1.82) is 0 Å². The molecule has 0 radical (unpaired) electrons. The van der Waals surface area contributed by atoms with Gasteiger partial charge in [-0.25, -0.2) is 0 Å². The molecule has 0 nitrogen and oxygen atoms in total. The highest BCUT2D eigenvalue weighted by molar-refractivity contribution is 5.86. The molecule has 1 aliphatic carbocycles. The van der Waals surface area contributed by atoms with Crippen LogP contribution in [0.1, 0.15) is 89.0 Å². The lowest BCUT2D eigenvalue weighted by molar-refractivity contribution is 1.12. The normalized spacial score (nSPS) is 11.8. The molecule has 0 unspecified atom stereocenters. The zero-order valence-corrected chi connectivity index (χ0v) is 23.7. The van der Waals surface area contributed by atoms with E-state index in [1.54, 1.807) is 11.1 Å². The summed E-state index contributed by atoms with van der Waals surface area (Å²) in [5.74, 6) is 0. The molecule has 3 aromatic carbocycles. The first-order valence-corrected chi connectivity index (χ1v) is 12.5. The molecule has 33 heavy (non-hydrogen) atoms. The average molecular weight is 441 g/mol. The van der Waals surface area contributed by atoms with Crippen LogP contribution >= 0.6 is 0 Å². The van der Waals surface area contributed by atoms with Gasteiger partial charge in [-0.15, -0.1) is 0 Å². The van der Waals surface area contributed by atoms with E-state index in [0.29, 0.717) is 0 Å². The van der Waals surface area contributed by atoms with Crippen molar-refractivity contribution in [3.8, 4) is 11.1 Å². The van der Waals surface area contributed by atoms with Crippen LogP contribution in [0.2, 0.25) is 0 Å². The Labute approximate surface area is 203 Å². The fourth-order valence-corrected chi connectivity index (χ4v) is 5.76. The van der Waals surface area contributed by atoms with E-state index in [2.05, 4.69) is 96.9 Å². The number of fused-ring (bicyclic) bond motifs is 3. The third-order valence-corrected chi connectivity index (χ3v) is 9.61. The number of hydrogen-bond acceptors (Lipinski definition) is 0. The third kappa shape index (κ3) is 3.76. The van der Waals surface area contributed by atoms with E-state index in [9.17, 15) is 0 Å². The molecule has 0 atom stereocenters. The molecule has 0 aliphatic heterocycles. The molecular formula is C33H44. The van der Waals surface area contributed by atoms with E-state index in [4.69, 9.17) is 0 Å². The van der Waals surface area contributed by atoms with E-state index in [1.807, 2.05) is 0 Å². The van der Waals surface area contributed by atoms with Gasteiger partial charge < -0.3 is 0 Å². The Kier molecular flexibility index (Phi) is 6.73. The van der Waals surface area contributed by atoms with Gasteiger partial charge in [0.05, 0.1) is 0 Å². The minimum absolute atomic E-state index is 1.12.